The average molecular weight is 292 g/mol. The number of aliphatic imine (C=N–C) groups is 1. The summed E-state index contributed by atoms with van der Waals surface area (Å²) in [4.78, 5) is 16.4. The molecule has 0 saturated heterocycles. The molecule has 1 amide bonds. The first-order valence-electron chi connectivity index (χ1n) is 7.07. The Balaban J connectivity index is 2.70. The summed E-state index contributed by atoms with van der Waals surface area (Å²) < 4.78 is 10.5. The van der Waals surface area contributed by atoms with E-state index in [4.69, 9.17) is 9.47 Å². The van der Waals surface area contributed by atoms with Gasteiger partial charge in [-0.3, -0.25) is 10.1 Å². The van der Waals surface area contributed by atoms with Gasteiger partial charge in [0, 0.05) is 12.7 Å². The van der Waals surface area contributed by atoms with Crippen molar-refractivity contribution in [2.45, 2.75) is 20.8 Å². The SMILES string of the molecule is COCCN=C(NC(=O)c1cccc(C)c1)OCC(C)C. The van der Waals surface area contributed by atoms with Crippen LogP contribution in [0.25, 0.3) is 0 Å². The second-order valence-corrected chi connectivity index (χ2v) is 5.21. The van der Waals surface area contributed by atoms with Crippen molar-refractivity contribution in [3.63, 3.8) is 0 Å². The van der Waals surface area contributed by atoms with Crippen LogP contribution in [0.3, 0.4) is 0 Å². The Bertz CT molecular complexity index is 484. The van der Waals surface area contributed by atoms with Crippen LogP contribution in [0.5, 0.6) is 0 Å². The van der Waals surface area contributed by atoms with E-state index in [1.54, 1.807) is 13.2 Å². The summed E-state index contributed by atoms with van der Waals surface area (Å²) in [6.45, 7) is 7.44. The third-order valence-electron chi connectivity index (χ3n) is 2.60. The minimum Gasteiger partial charge on any atom is -0.465 e. The molecule has 5 heteroatoms. The zero-order valence-electron chi connectivity index (χ0n) is 13.2. The highest BCUT2D eigenvalue weighted by Crippen LogP contribution is 2.04. The van der Waals surface area contributed by atoms with Gasteiger partial charge < -0.3 is 9.47 Å². The van der Waals surface area contributed by atoms with Crippen LogP contribution in [0.15, 0.2) is 29.3 Å². The molecule has 0 aliphatic heterocycles. The van der Waals surface area contributed by atoms with E-state index in [1.165, 1.54) is 0 Å². The monoisotopic (exact) mass is 292 g/mol. The van der Waals surface area contributed by atoms with E-state index in [-0.39, 0.29) is 11.9 Å². The largest absolute Gasteiger partial charge is 0.465 e. The zero-order valence-corrected chi connectivity index (χ0v) is 13.2. The Hall–Kier alpha value is -1.88. The van der Waals surface area contributed by atoms with Crippen molar-refractivity contribution in [1.82, 2.24) is 5.32 Å². The molecule has 0 fully saturated rings. The standard InChI is InChI=1S/C16H24N2O3/c1-12(2)11-21-16(17-8-9-20-4)18-15(19)14-7-5-6-13(3)10-14/h5-7,10,12H,8-9,11H2,1-4H3,(H,17,18,19). The third kappa shape index (κ3) is 6.90. The molecule has 5 nitrogen and oxygen atoms in total. The fourth-order valence-corrected chi connectivity index (χ4v) is 1.56. The molecular weight excluding hydrogens is 268 g/mol. The zero-order chi connectivity index (χ0) is 15.7. The number of nitrogens with zero attached hydrogens (tertiary/aromatic N) is 1. The number of methoxy groups -OCH3 is 1. The highest BCUT2D eigenvalue weighted by atomic mass is 16.5. The number of carbonyl (C=O) groups is 1. The normalized spacial score (nSPS) is 11.6. The van der Waals surface area contributed by atoms with Crippen LogP contribution in [0.4, 0.5) is 0 Å². The quantitative estimate of drug-likeness (QED) is 0.497. The first-order valence-corrected chi connectivity index (χ1v) is 7.07. The molecule has 1 N–H and O–H groups in total. The van der Waals surface area contributed by atoms with Crippen LogP contribution in [0.1, 0.15) is 29.8 Å². The minimum atomic E-state index is -0.223. The van der Waals surface area contributed by atoms with Gasteiger partial charge in [0.25, 0.3) is 11.9 Å². The van der Waals surface area contributed by atoms with Crippen LogP contribution in [0.2, 0.25) is 0 Å². The lowest BCUT2D eigenvalue weighted by Crippen LogP contribution is -2.33. The molecule has 0 aliphatic rings. The molecule has 0 radical (unpaired) electrons. The van der Waals surface area contributed by atoms with Crippen molar-refractivity contribution in [2.24, 2.45) is 10.9 Å². The summed E-state index contributed by atoms with van der Waals surface area (Å²) in [5.41, 5.74) is 1.62. The Morgan fingerprint density at radius 1 is 1.38 bits per heavy atom. The maximum Gasteiger partial charge on any atom is 0.291 e. The summed E-state index contributed by atoms with van der Waals surface area (Å²) in [5, 5.41) is 2.71. The summed E-state index contributed by atoms with van der Waals surface area (Å²) >= 11 is 0. The van der Waals surface area contributed by atoms with Crippen molar-refractivity contribution < 1.29 is 14.3 Å². The number of benzene rings is 1. The third-order valence-corrected chi connectivity index (χ3v) is 2.60. The number of rotatable bonds is 6. The Labute approximate surface area is 126 Å². The van der Waals surface area contributed by atoms with Crippen molar-refractivity contribution >= 4 is 11.9 Å². The van der Waals surface area contributed by atoms with Crippen molar-refractivity contribution in [3.05, 3.63) is 35.4 Å². The van der Waals surface area contributed by atoms with Gasteiger partial charge in [-0.15, -0.1) is 0 Å². The molecule has 0 unspecified atom stereocenters. The Morgan fingerprint density at radius 2 is 2.14 bits per heavy atom. The number of ether oxygens (including phenoxy) is 2. The molecule has 116 valence electrons. The number of hydrogen-bond donors (Lipinski definition) is 1. The lowest BCUT2D eigenvalue weighted by Gasteiger charge is -2.12. The van der Waals surface area contributed by atoms with Crippen LogP contribution in [0, 0.1) is 12.8 Å². The lowest BCUT2D eigenvalue weighted by molar-refractivity contribution is 0.0962. The highest BCUT2D eigenvalue weighted by Gasteiger charge is 2.10. The van der Waals surface area contributed by atoms with Gasteiger partial charge in [-0.1, -0.05) is 31.5 Å². The smallest absolute Gasteiger partial charge is 0.291 e. The number of amides is 1. The maximum absolute atomic E-state index is 12.2. The fraction of sp³-hybridized carbons (Fsp3) is 0.500. The Morgan fingerprint density at radius 3 is 2.76 bits per heavy atom. The molecule has 0 aromatic heterocycles. The number of nitrogens with one attached hydrogen (secondary N) is 1. The topological polar surface area (TPSA) is 59.9 Å². The predicted octanol–water partition coefficient (Wildman–Crippen LogP) is 2.40. The van der Waals surface area contributed by atoms with Gasteiger partial charge in [0.1, 0.15) is 0 Å². The number of hydrogen-bond acceptors (Lipinski definition) is 4. The van der Waals surface area contributed by atoms with Crippen LogP contribution < -0.4 is 5.32 Å². The van der Waals surface area contributed by atoms with Crippen molar-refractivity contribution in [2.75, 3.05) is 26.9 Å². The van der Waals surface area contributed by atoms with Gasteiger partial charge in [0.15, 0.2) is 0 Å². The second kappa shape index (κ2) is 9.13. The van der Waals surface area contributed by atoms with Crippen LogP contribution in [-0.2, 0) is 9.47 Å². The maximum atomic E-state index is 12.2. The van der Waals surface area contributed by atoms with E-state index in [0.717, 1.165) is 5.56 Å². The molecule has 0 heterocycles. The van der Waals surface area contributed by atoms with E-state index in [1.807, 2.05) is 39.0 Å². The van der Waals surface area contributed by atoms with E-state index >= 15 is 0 Å². The number of carbonyl (C=O) groups excluding carboxylic acids is 1. The minimum absolute atomic E-state index is 0.223. The van der Waals surface area contributed by atoms with Gasteiger partial charge in [-0.25, -0.2) is 4.99 Å². The molecule has 1 aromatic rings. The van der Waals surface area contributed by atoms with Crippen LogP contribution >= 0.6 is 0 Å². The van der Waals surface area contributed by atoms with Crippen molar-refractivity contribution in [1.29, 1.82) is 0 Å². The van der Waals surface area contributed by atoms with E-state index < -0.39 is 0 Å². The molecule has 0 saturated carbocycles. The fourth-order valence-electron chi connectivity index (χ4n) is 1.56. The Kier molecular flexibility index (Phi) is 7.46. The van der Waals surface area contributed by atoms with E-state index in [2.05, 4.69) is 10.3 Å². The van der Waals surface area contributed by atoms with Gasteiger partial charge in [-0.2, -0.15) is 0 Å². The first-order chi connectivity index (χ1) is 10.0. The van der Waals surface area contributed by atoms with Gasteiger partial charge in [0.2, 0.25) is 0 Å². The molecule has 0 aliphatic carbocycles. The predicted molar refractivity (Wildman–Crippen MR) is 83.6 cm³/mol. The summed E-state index contributed by atoms with van der Waals surface area (Å²) in [6, 6.07) is 7.62. The van der Waals surface area contributed by atoms with E-state index in [0.29, 0.717) is 31.2 Å². The summed E-state index contributed by atoms with van der Waals surface area (Å²) in [7, 11) is 1.61. The number of amidine groups is 1. The summed E-state index contributed by atoms with van der Waals surface area (Å²) in [5.74, 6) is 0.132. The number of aryl methyl sites for hydroxylation is 1. The van der Waals surface area contributed by atoms with Crippen LogP contribution in [-0.4, -0.2) is 38.8 Å². The molecular formula is C16H24N2O3. The van der Waals surface area contributed by atoms with E-state index in [9.17, 15) is 4.79 Å². The van der Waals surface area contributed by atoms with Gasteiger partial charge in [0.05, 0.1) is 19.8 Å². The molecule has 1 rings (SSSR count). The first kappa shape index (κ1) is 17.2. The van der Waals surface area contributed by atoms with Crippen molar-refractivity contribution in [3.8, 4) is 0 Å². The van der Waals surface area contributed by atoms with Gasteiger partial charge >= 0.3 is 0 Å². The summed E-state index contributed by atoms with van der Waals surface area (Å²) in [6.07, 6.45) is 0. The molecule has 0 bridgehead atoms. The highest BCUT2D eigenvalue weighted by molar-refractivity contribution is 6.04. The lowest BCUT2D eigenvalue weighted by atomic mass is 10.1. The average Bonchev–Trinajstić information content (AvgIpc) is 2.44. The second-order valence-electron chi connectivity index (χ2n) is 5.21. The molecule has 0 spiro atoms. The molecule has 0 atom stereocenters. The van der Waals surface area contributed by atoms with Gasteiger partial charge in [-0.05, 0) is 25.0 Å². The molecule has 1 aromatic carbocycles. The molecule has 21 heavy (non-hydrogen) atoms.